The van der Waals surface area contributed by atoms with Crippen LogP contribution in [0, 0.1) is 0 Å². The van der Waals surface area contributed by atoms with Crippen molar-refractivity contribution in [3.8, 4) is 0 Å². The van der Waals surface area contributed by atoms with Crippen molar-refractivity contribution in [3.63, 3.8) is 0 Å². The minimum atomic E-state index is 0.153. The van der Waals surface area contributed by atoms with E-state index in [1.165, 1.54) is 5.56 Å². The highest BCUT2D eigenvalue weighted by molar-refractivity contribution is 9.10. The number of hydrogen-bond acceptors (Lipinski definition) is 2. The van der Waals surface area contributed by atoms with E-state index in [1.807, 2.05) is 18.2 Å². The molecule has 0 aromatic heterocycles. The molecule has 4 heteroatoms. The van der Waals surface area contributed by atoms with Gasteiger partial charge in [-0.2, -0.15) is 0 Å². The Kier molecular flexibility index (Phi) is 5.68. The standard InChI is InChI=1S/C17H20BrClN2/c1-12(16-8-7-14(18)10-17(16)19)20-15-6-4-5-13(9-15)11-21(2)3/h4-10,12,20H,11H2,1-3H3. The third-order valence-corrected chi connectivity index (χ3v) is 4.06. The van der Waals surface area contributed by atoms with E-state index >= 15 is 0 Å². The van der Waals surface area contributed by atoms with Crippen LogP contribution in [0.5, 0.6) is 0 Å². The summed E-state index contributed by atoms with van der Waals surface area (Å²) in [4.78, 5) is 2.16. The highest BCUT2D eigenvalue weighted by Gasteiger charge is 2.10. The zero-order valence-corrected chi connectivity index (χ0v) is 14.9. The highest BCUT2D eigenvalue weighted by atomic mass is 79.9. The molecular weight excluding hydrogens is 348 g/mol. The second kappa shape index (κ2) is 7.30. The number of anilines is 1. The molecule has 1 N–H and O–H groups in total. The first kappa shape index (κ1) is 16.3. The lowest BCUT2D eigenvalue weighted by Crippen LogP contribution is -2.11. The van der Waals surface area contributed by atoms with Crippen molar-refractivity contribution < 1.29 is 0 Å². The summed E-state index contributed by atoms with van der Waals surface area (Å²) in [6.07, 6.45) is 0. The number of hydrogen-bond donors (Lipinski definition) is 1. The summed E-state index contributed by atoms with van der Waals surface area (Å²) in [6.45, 7) is 3.05. The minimum absolute atomic E-state index is 0.153. The van der Waals surface area contributed by atoms with Crippen LogP contribution in [0.1, 0.15) is 24.1 Å². The van der Waals surface area contributed by atoms with Gasteiger partial charge in [-0.15, -0.1) is 0 Å². The van der Waals surface area contributed by atoms with Crippen molar-refractivity contribution in [2.45, 2.75) is 19.5 Å². The van der Waals surface area contributed by atoms with Crippen molar-refractivity contribution in [3.05, 3.63) is 63.1 Å². The van der Waals surface area contributed by atoms with Gasteiger partial charge in [0.1, 0.15) is 0 Å². The smallest absolute Gasteiger partial charge is 0.0500 e. The van der Waals surface area contributed by atoms with Gasteiger partial charge in [0.05, 0.1) is 0 Å². The Morgan fingerprint density at radius 2 is 1.95 bits per heavy atom. The van der Waals surface area contributed by atoms with Crippen molar-refractivity contribution in [2.75, 3.05) is 19.4 Å². The van der Waals surface area contributed by atoms with Gasteiger partial charge in [-0.1, -0.05) is 45.7 Å². The third-order valence-electron chi connectivity index (χ3n) is 3.24. The highest BCUT2D eigenvalue weighted by Crippen LogP contribution is 2.28. The predicted molar refractivity (Wildman–Crippen MR) is 95.0 cm³/mol. The Morgan fingerprint density at radius 1 is 1.19 bits per heavy atom. The third kappa shape index (κ3) is 4.73. The predicted octanol–water partition coefficient (Wildman–Crippen LogP) is 5.34. The summed E-state index contributed by atoms with van der Waals surface area (Å²) in [6, 6.07) is 14.6. The zero-order chi connectivity index (χ0) is 15.4. The molecule has 0 bridgehead atoms. The Hall–Kier alpha value is -1.03. The van der Waals surface area contributed by atoms with Gasteiger partial charge in [0, 0.05) is 27.8 Å². The Bertz CT molecular complexity index is 613. The van der Waals surface area contributed by atoms with Gasteiger partial charge < -0.3 is 10.2 Å². The Balaban J connectivity index is 2.13. The fraction of sp³-hybridized carbons (Fsp3) is 0.294. The molecule has 2 nitrogen and oxygen atoms in total. The number of halogens is 2. The first-order valence-electron chi connectivity index (χ1n) is 6.91. The van der Waals surface area contributed by atoms with Crippen molar-refractivity contribution >= 4 is 33.2 Å². The number of nitrogens with zero attached hydrogens (tertiary/aromatic N) is 1. The van der Waals surface area contributed by atoms with Crippen molar-refractivity contribution in [1.29, 1.82) is 0 Å². The summed E-state index contributed by atoms with van der Waals surface area (Å²) in [7, 11) is 4.15. The van der Waals surface area contributed by atoms with E-state index in [9.17, 15) is 0 Å². The number of benzene rings is 2. The maximum Gasteiger partial charge on any atom is 0.0500 e. The van der Waals surface area contributed by atoms with E-state index in [0.717, 1.165) is 27.3 Å². The summed E-state index contributed by atoms with van der Waals surface area (Å²) in [5, 5.41) is 4.29. The van der Waals surface area contributed by atoms with Crippen molar-refractivity contribution in [2.24, 2.45) is 0 Å². The van der Waals surface area contributed by atoms with Crippen LogP contribution in [0.4, 0.5) is 5.69 Å². The van der Waals surface area contributed by atoms with Crippen LogP contribution < -0.4 is 5.32 Å². The van der Waals surface area contributed by atoms with Crippen LogP contribution in [0.25, 0.3) is 0 Å². The van der Waals surface area contributed by atoms with Crippen LogP contribution >= 0.6 is 27.5 Å². The Labute approximate surface area is 140 Å². The number of rotatable bonds is 5. The van der Waals surface area contributed by atoms with Gasteiger partial charge in [0.2, 0.25) is 0 Å². The summed E-state index contributed by atoms with van der Waals surface area (Å²) >= 11 is 9.75. The minimum Gasteiger partial charge on any atom is -0.378 e. The molecule has 0 aliphatic rings. The quantitative estimate of drug-likeness (QED) is 0.767. The first-order chi connectivity index (χ1) is 9.95. The molecule has 1 atom stereocenters. The topological polar surface area (TPSA) is 15.3 Å². The maximum absolute atomic E-state index is 6.31. The zero-order valence-electron chi connectivity index (χ0n) is 12.5. The normalized spacial score (nSPS) is 12.5. The molecule has 0 aliphatic carbocycles. The summed E-state index contributed by atoms with van der Waals surface area (Å²) < 4.78 is 0.997. The lowest BCUT2D eigenvalue weighted by molar-refractivity contribution is 0.402. The molecule has 0 spiro atoms. The van der Waals surface area contributed by atoms with Gasteiger partial charge >= 0.3 is 0 Å². The molecule has 21 heavy (non-hydrogen) atoms. The van der Waals surface area contributed by atoms with Crippen LogP contribution in [-0.4, -0.2) is 19.0 Å². The van der Waals surface area contributed by atoms with E-state index in [4.69, 9.17) is 11.6 Å². The second-order valence-electron chi connectivity index (χ2n) is 5.47. The molecule has 0 radical (unpaired) electrons. The first-order valence-corrected chi connectivity index (χ1v) is 8.08. The molecule has 0 saturated heterocycles. The van der Waals surface area contributed by atoms with E-state index < -0.39 is 0 Å². The molecular formula is C17H20BrClN2. The molecule has 1 unspecified atom stereocenters. The van der Waals surface area contributed by atoms with E-state index in [2.05, 4.69) is 71.4 Å². The monoisotopic (exact) mass is 366 g/mol. The lowest BCUT2D eigenvalue weighted by atomic mass is 10.1. The largest absolute Gasteiger partial charge is 0.378 e. The molecule has 112 valence electrons. The van der Waals surface area contributed by atoms with Crippen LogP contribution in [0.15, 0.2) is 46.9 Å². The molecule has 0 fully saturated rings. The van der Waals surface area contributed by atoms with Crippen LogP contribution in [0.2, 0.25) is 5.02 Å². The summed E-state index contributed by atoms with van der Waals surface area (Å²) in [5.41, 5.74) is 3.50. The lowest BCUT2D eigenvalue weighted by Gasteiger charge is -2.18. The molecule has 0 heterocycles. The molecule has 0 aliphatic heterocycles. The van der Waals surface area contributed by atoms with Crippen LogP contribution in [-0.2, 0) is 6.54 Å². The molecule has 2 aromatic carbocycles. The van der Waals surface area contributed by atoms with Gasteiger partial charge in [0.25, 0.3) is 0 Å². The Morgan fingerprint density at radius 3 is 2.62 bits per heavy atom. The van der Waals surface area contributed by atoms with Gasteiger partial charge in [-0.3, -0.25) is 0 Å². The SMILES string of the molecule is CC(Nc1cccc(CN(C)C)c1)c1ccc(Br)cc1Cl. The molecule has 2 rings (SSSR count). The fourth-order valence-electron chi connectivity index (χ4n) is 2.31. The van der Waals surface area contributed by atoms with E-state index in [-0.39, 0.29) is 6.04 Å². The average Bonchev–Trinajstić information content (AvgIpc) is 2.37. The van der Waals surface area contributed by atoms with Crippen LogP contribution in [0.3, 0.4) is 0 Å². The van der Waals surface area contributed by atoms with Gasteiger partial charge in [-0.25, -0.2) is 0 Å². The summed E-state index contributed by atoms with van der Waals surface area (Å²) in [5.74, 6) is 0. The fourth-order valence-corrected chi connectivity index (χ4v) is 3.14. The van der Waals surface area contributed by atoms with E-state index in [1.54, 1.807) is 0 Å². The average molecular weight is 368 g/mol. The van der Waals surface area contributed by atoms with Crippen molar-refractivity contribution in [1.82, 2.24) is 4.90 Å². The van der Waals surface area contributed by atoms with E-state index in [0.29, 0.717) is 0 Å². The second-order valence-corrected chi connectivity index (χ2v) is 6.79. The van der Waals surface area contributed by atoms with Gasteiger partial charge in [0.15, 0.2) is 0 Å². The maximum atomic E-state index is 6.31. The van der Waals surface area contributed by atoms with Gasteiger partial charge in [-0.05, 0) is 56.4 Å². The molecule has 2 aromatic rings. The molecule has 0 amide bonds. The number of nitrogens with one attached hydrogen (secondary N) is 1. The molecule has 0 saturated carbocycles.